The van der Waals surface area contributed by atoms with Gasteiger partial charge in [0.05, 0.1) is 0 Å². The minimum atomic E-state index is -0.445. The molecule has 1 aromatic rings. The molecule has 0 bridgehead atoms. The number of benzene rings is 1. The molecule has 0 aromatic heterocycles. The van der Waals surface area contributed by atoms with Crippen molar-refractivity contribution >= 4 is 12.1 Å². The average Bonchev–Trinajstić information content (AvgIpc) is 2.20. The van der Waals surface area contributed by atoms with Crippen LogP contribution >= 0.6 is 0 Å². The summed E-state index contributed by atoms with van der Waals surface area (Å²) in [5, 5.41) is 0. The molecule has 1 rings (SSSR count). The minimum absolute atomic E-state index is 0.123. The van der Waals surface area contributed by atoms with Crippen LogP contribution in [0.3, 0.4) is 0 Å². The predicted octanol–water partition coefficient (Wildman–Crippen LogP) is 1.92. The number of carbonyl (C=O) groups excluding carboxylic acids is 1. The fourth-order valence-electron chi connectivity index (χ4n) is 1.47. The van der Waals surface area contributed by atoms with Crippen molar-refractivity contribution in [1.82, 2.24) is 0 Å². The monoisotopic (exact) mass is 218 g/mol. The van der Waals surface area contributed by atoms with Gasteiger partial charge in [0.15, 0.2) is 0 Å². The molecule has 0 saturated heterocycles. The highest BCUT2D eigenvalue weighted by Crippen LogP contribution is 2.08. The number of nitrogens with zero attached hydrogens (tertiary/aromatic N) is 1. The zero-order valence-electron chi connectivity index (χ0n) is 9.97. The second-order valence-electron chi connectivity index (χ2n) is 4.23. The lowest BCUT2D eigenvalue weighted by Crippen LogP contribution is -2.31. The third kappa shape index (κ3) is 3.19. The second kappa shape index (κ2) is 5.45. The van der Waals surface area contributed by atoms with E-state index in [9.17, 15) is 4.79 Å². The van der Waals surface area contributed by atoms with Crippen molar-refractivity contribution in [2.75, 3.05) is 0 Å². The Labute approximate surface area is 96.4 Å². The molecule has 0 saturated carbocycles. The first kappa shape index (κ1) is 12.4. The van der Waals surface area contributed by atoms with Gasteiger partial charge in [0, 0.05) is 6.21 Å². The van der Waals surface area contributed by atoms with Crippen LogP contribution in [-0.4, -0.2) is 18.2 Å². The number of nitrogens with two attached hydrogens (primary N) is 1. The summed E-state index contributed by atoms with van der Waals surface area (Å²) in [5.74, 6) is -0.252. The summed E-state index contributed by atoms with van der Waals surface area (Å²) in [5.41, 5.74) is 7.45. The van der Waals surface area contributed by atoms with Crippen LogP contribution in [0, 0.1) is 12.8 Å². The summed E-state index contributed by atoms with van der Waals surface area (Å²) in [6.07, 6.45) is 1.73. The standard InChI is InChI=1S/C13H18N2O/c1-9(2)12(13(14)16)15-8-11-7-5-4-6-10(11)3/h4-9,12H,1-3H3,(H2,14,16)/t12-/m0/s1. The highest BCUT2D eigenvalue weighted by molar-refractivity contribution is 5.86. The summed E-state index contributed by atoms with van der Waals surface area (Å²) >= 11 is 0. The van der Waals surface area contributed by atoms with Gasteiger partial charge < -0.3 is 5.73 Å². The molecule has 0 aliphatic heterocycles. The van der Waals surface area contributed by atoms with Gasteiger partial charge in [0.25, 0.3) is 0 Å². The van der Waals surface area contributed by atoms with Crippen molar-refractivity contribution in [2.45, 2.75) is 26.8 Å². The molecular weight excluding hydrogens is 200 g/mol. The largest absolute Gasteiger partial charge is 0.368 e. The van der Waals surface area contributed by atoms with Crippen LogP contribution in [0.4, 0.5) is 0 Å². The lowest BCUT2D eigenvalue weighted by molar-refractivity contribution is -0.119. The van der Waals surface area contributed by atoms with E-state index in [4.69, 9.17) is 5.73 Å². The number of aryl methyl sites for hydroxylation is 1. The molecule has 1 amide bonds. The number of primary amides is 1. The highest BCUT2D eigenvalue weighted by Gasteiger charge is 2.16. The van der Waals surface area contributed by atoms with Crippen molar-refractivity contribution in [3.8, 4) is 0 Å². The van der Waals surface area contributed by atoms with Gasteiger partial charge in [-0.15, -0.1) is 0 Å². The van der Waals surface area contributed by atoms with Crippen LogP contribution in [0.25, 0.3) is 0 Å². The normalized spacial score (nSPS) is 13.2. The molecule has 1 aromatic carbocycles. The predicted molar refractivity (Wildman–Crippen MR) is 66.6 cm³/mol. The molecule has 0 heterocycles. The fourth-order valence-corrected chi connectivity index (χ4v) is 1.47. The fraction of sp³-hybridized carbons (Fsp3) is 0.385. The molecule has 3 nitrogen and oxygen atoms in total. The Morgan fingerprint density at radius 3 is 2.50 bits per heavy atom. The molecule has 0 unspecified atom stereocenters. The lowest BCUT2D eigenvalue weighted by atomic mass is 10.0. The van der Waals surface area contributed by atoms with Gasteiger partial charge in [0.2, 0.25) is 5.91 Å². The Morgan fingerprint density at radius 1 is 1.38 bits per heavy atom. The zero-order chi connectivity index (χ0) is 12.1. The first-order valence-electron chi connectivity index (χ1n) is 5.40. The summed E-state index contributed by atoms with van der Waals surface area (Å²) in [6.45, 7) is 5.88. The van der Waals surface area contributed by atoms with Gasteiger partial charge in [-0.3, -0.25) is 9.79 Å². The van der Waals surface area contributed by atoms with Gasteiger partial charge in [-0.2, -0.15) is 0 Å². The van der Waals surface area contributed by atoms with E-state index in [1.54, 1.807) is 6.21 Å². The number of hydrogen-bond donors (Lipinski definition) is 1. The van der Waals surface area contributed by atoms with Crippen LogP contribution in [0.2, 0.25) is 0 Å². The first-order valence-corrected chi connectivity index (χ1v) is 5.40. The summed E-state index contributed by atoms with van der Waals surface area (Å²) in [6, 6.07) is 7.45. The van der Waals surface area contributed by atoms with Crippen LogP contribution in [-0.2, 0) is 4.79 Å². The Bertz CT molecular complexity index is 397. The number of aliphatic imine (C=N–C) groups is 1. The molecule has 0 aliphatic rings. The Hall–Kier alpha value is -1.64. The van der Waals surface area contributed by atoms with E-state index < -0.39 is 6.04 Å². The number of carbonyl (C=O) groups is 1. The average molecular weight is 218 g/mol. The maximum atomic E-state index is 11.2. The maximum Gasteiger partial charge on any atom is 0.242 e. The van der Waals surface area contributed by atoms with Gasteiger partial charge in [-0.1, -0.05) is 38.1 Å². The van der Waals surface area contributed by atoms with E-state index in [1.807, 2.05) is 45.0 Å². The molecule has 16 heavy (non-hydrogen) atoms. The molecular formula is C13H18N2O. The third-order valence-electron chi connectivity index (χ3n) is 2.49. The summed E-state index contributed by atoms with van der Waals surface area (Å²) in [7, 11) is 0. The third-order valence-corrected chi connectivity index (χ3v) is 2.49. The number of amides is 1. The van der Waals surface area contributed by atoms with Crippen molar-refractivity contribution in [3.63, 3.8) is 0 Å². The molecule has 3 heteroatoms. The SMILES string of the molecule is Cc1ccccc1C=N[C@H](C(N)=O)C(C)C. The van der Waals surface area contributed by atoms with Gasteiger partial charge in [0.1, 0.15) is 6.04 Å². The minimum Gasteiger partial charge on any atom is -0.368 e. The van der Waals surface area contributed by atoms with E-state index >= 15 is 0 Å². The molecule has 86 valence electrons. The van der Waals surface area contributed by atoms with E-state index in [0.29, 0.717) is 0 Å². The molecule has 2 N–H and O–H groups in total. The van der Waals surface area contributed by atoms with Gasteiger partial charge >= 0.3 is 0 Å². The van der Waals surface area contributed by atoms with Gasteiger partial charge in [-0.25, -0.2) is 0 Å². The maximum absolute atomic E-state index is 11.2. The van der Waals surface area contributed by atoms with Crippen molar-refractivity contribution in [2.24, 2.45) is 16.6 Å². The first-order chi connectivity index (χ1) is 7.52. The molecule has 0 radical (unpaired) electrons. The Morgan fingerprint density at radius 2 is 2.00 bits per heavy atom. The van der Waals surface area contributed by atoms with Crippen LogP contribution < -0.4 is 5.73 Å². The quantitative estimate of drug-likeness (QED) is 0.771. The molecule has 0 fully saturated rings. The summed E-state index contributed by atoms with van der Waals surface area (Å²) < 4.78 is 0. The number of hydrogen-bond acceptors (Lipinski definition) is 2. The topological polar surface area (TPSA) is 55.4 Å². The van der Waals surface area contributed by atoms with Crippen molar-refractivity contribution < 1.29 is 4.79 Å². The smallest absolute Gasteiger partial charge is 0.242 e. The van der Waals surface area contributed by atoms with Crippen LogP contribution in [0.1, 0.15) is 25.0 Å². The van der Waals surface area contributed by atoms with E-state index in [1.165, 1.54) is 0 Å². The van der Waals surface area contributed by atoms with E-state index in [-0.39, 0.29) is 11.8 Å². The lowest BCUT2D eigenvalue weighted by Gasteiger charge is -2.11. The Kier molecular flexibility index (Phi) is 4.23. The molecule has 1 atom stereocenters. The molecule has 0 spiro atoms. The van der Waals surface area contributed by atoms with E-state index in [0.717, 1.165) is 11.1 Å². The van der Waals surface area contributed by atoms with Crippen LogP contribution in [0.15, 0.2) is 29.3 Å². The van der Waals surface area contributed by atoms with Crippen molar-refractivity contribution in [1.29, 1.82) is 0 Å². The number of rotatable bonds is 4. The van der Waals surface area contributed by atoms with Crippen LogP contribution in [0.5, 0.6) is 0 Å². The Balaban J connectivity index is 2.87. The second-order valence-corrected chi connectivity index (χ2v) is 4.23. The highest BCUT2D eigenvalue weighted by atomic mass is 16.1. The zero-order valence-corrected chi connectivity index (χ0v) is 9.97. The van der Waals surface area contributed by atoms with Crippen molar-refractivity contribution in [3.05, 3.63) is 35.4 Å². The van der Waals surface area contributed by atoms with Gasteiger partial charge in [-0.05, 0) is 24.0 Å². The van der Waals surface area contributed by atoms with E-state index in [2.05, 4.69) is 4.99 Å². The molecule has 0 aliphatic carbocycles. The summed E-state index contributed by atoms with van der Waals surface area (Å²) in [4.78, 5) is 15.4.